The molecule has 1 rings (SSSR count). The van der Waals surface area contributed by atoms with Gasteiger partial charge in [0.05, 0.1) is 13.5 Å². The van der Waals surface area contributed by atoms with Gasteiger partial charge in [-0.25, -0.2) is 9.78 Å². The first-order valence-electron chi connectivity index (χ1n) is 5.79. The van der Waals surface area contributed by atoms with E-state index in [0.717, 1.165) is 5.56 Å². The first kappa shape index (κ1) is 15.4. The number of rotatable bonds is 6. The maximum atomic E-state index is 11.4. The number of imide groups is 1. The van der Waals surface area contributed by atoms with Crippen LogP contribution < -0.4 is 15.4 Å². The van der Waals surface area contributed by atoms with E-state index in [0.29, 0.717) is 5.88 Å². The molecular formula is C12H15N3O5. The van der Waals surface area contributed by atoms with Crippen molar-refractivity contribution in [1.82, 2.24) is 15.6 Å². The summed E-state index contributed by atoms with van der Waals surface area (Å²) in [6, 6.07) is 2.65. The molecule has 20 heavy (non-hydrogen) atoms. The maximum Gasteiger partial charge on any atom is 0.321 e. The van der Waals surface area contributed by atoms with Gasteiger partial charge in [0, 0.05) is 25.2 Å². The van der Waals surface area contributed by atoms with E-state index in [-0.39, 0.29) is 19.4 Å². The summed E-state index contributed by atoms with van der Waals surface area (Å²) < 4.78 is 4.93. The van der Waals surface area contributed by atoms with Gasteiger partial charge in [-0.05, 0) is 11.6 Å². The molecule has 0 atom stereocenters. The number of carboxylic acids is 1. The van der Waals surface area contributed by atoms with Crippen molar-refractivity contribution in [2.75, 3.05) is 7.11 Å². The van der Waals surface area contributed by atoms with Crippen molar-refractivity contribution in [3.05, 3.63) is 23.9 Å². The van der Waals surface area contributed by atoms with E-state index >= 15 is 0 Å². The number of pyridine rings is 1. The SMILES string of the molecule is COc1cc(CNC(=O)NC(=O)CCC(=O)O)ccn1. The summed E-state index contributed by atoms with van der Waals surface area (Å²) in [5.41, 5.74) is 0.755. The van der Waals surface area contributed by atoms with Gasteiger partial charge in [-0.2, -0.15) is 0 Å². The summed E-state index contributed by atoms with van der Waals surface area (Å²) in [6.07, 6.45) is 0.971. The molecule has 108 valence electrons. The lowest BCUT2D eigenvalue weighted by atomic mass is 10.2. The Hall–Kier alpha value is -2.64. The Morgan fingerprint density at radius 2 is 2.10 bits per heavy atom. The van der Waals surface area contributed by atoms with Crippen LogP contribution in [0.15, 0.2) is 18.3 Å². The number of nitrogens with one attached hydrogen (secondary N) is 2. The molecule has 0 unspecified atom stereocenters. The highest BCUT2D eigenvalue weighted by Gasteiger charge is 2.09. The number of carbonyl (C=O) groups is 3. The van der Waals surface area contributed by atoms with Crippen molar-refractivity contribution in [2.24, 2.45) is 0 Å². The molecule has 3 N–H and O–H groups in total. The van der Waals surface area contributed by atoms with Gasteiger partial charge in [0.15, 0.2) is 0 Å². The Balaban J connectivity index is 2.35. The lowest BCUT2D eigenvalue weighted by Crippen LogP contribution is -2.39. The largest absolute Gasteiger partial charge is 0.481 e. The minimum Gasteiger partial charge on any atom is -0.481 e. The van der Waals surface area contributed by atoms with Crippen molar-refractivity contribution in [2.45, 2.75) is 19.4 Å². The van der Waals surface area contributed by atoms with Crippen molar-refractivity contribution in [3.63, 3.8) is 0 Å². The smallest absolute Gasteiger partial charge is 0.321 e. The number of carboxylic acid groups (broad SMARTS) is 1. The predicted molar refractivity (Wildman–Crippen MR) is 68.0 cm³/mol. The molecule has 0 aliphatic carbocycles. The molecule has 0 saturated heterocycles. The van der Waals surface area contributed by atoms with Gasteiger partial charge >= 0.3 is 12.0 Å². The van der Waals surface area contributed by atoms with Gasteiger partial charge in [0.25, 0.3) is 0 Å². The van der Waals surface area contributed by atoms with Crippen molar-refractivity contribution in [3.8, 4) is 5.88 Å². The molecular weight excluding hydrogens is 266 g/mol. The van der Waals surface area contributed by atoms with Gasteiger partial charge in [0.1, 0.15) is 0 Å². The highest BCUT2D eigenvalue weighted by atomic mass is 16.5. The summed E-state index contributed by atoms with van der Waals surface area (Å²) in [4.78, 5) is 36.8. The molecule has 8 heteroatoms. The zero-order chi connectivity index (χ0) is 15.0. The summed E-state index contributed by atoms with van der Waals surface area (Å²) >= 11 is 0. The van der Waals surface area contributed by atoms with Gasteiger partial charge in [-0.3, -0.25) is 14.9 Å². The molecule has 0 radical (unpaired) electrons. The minimum absolute atomic E-state index is 0.191. The maximum absolute atomic E-state index is 11.4. The fourth-order valence-corrected chi connectivity index (χ4v) is 1.31. The number of urea groups is 1. The van der Waals surface area contributed by atoms with Crippen LogP contribution in [-0.4, -0.2) is 35.1 Å². The standard InChI is InChI=1S/C12H15N3O5/c1-20-10-6-8(4-5-13-10)7-14-12(19)15-9(16)2-3-11(17)18/h4-6H,2-3,7H2,1H3,(H,17,18)(H2,14,15,16,19). The second kappa shape index (κ2) is 7.72. The Labute approximate surface area is 115 Å². The number of hydrogen-bond donors (Lipinski definition) is 3. The Morgan fingerprint density at radius 1 is 1.35 bits per heavy atom. The van der Waals surface area contributed by atoms with Crippen LogP contribution in [0.25, 0.3) is 0 Å². The summed E-state index contributed by atoms with van der Waals surface area (Å²) in [5, 5.41) is 12.9. The third kappa shape index (κ3) is 5.80. The van der Waals surface area contributed by atoms with Gasteiger partial charge in [-0.15, -0.1) is 0 Å². The summed E-state index contributed by atoms with van der Waals surface area (Å²) in [7, 11) is 1.48. The van der Waals surface area contributed by atoms with Crippen LogP contribution in [0.3, 0.4) is 0 Å². The van der Waals surface area contributed by atoms with E-state index in [1.165, 1.54) is 13.3 Å². The van der Waals surface area contributed by atoms with Crippen LogP contribution >= 0.6 is 0 Å². The average Bonchev–Trinajstić information content (AvgIpc) is 2.43. The molecule has 1 aromatic rings. The van der Waals surface area contributed by atoms with E-state index < -0.39 is 17.9 Å². The van der Waals surface area contributed by atoms with Crippen LogP contribution in [-0.2, 0) is 16.1 Å². The third-order valence-corrected chi connectivity index (χ3v) is 2.28. The number of carbonyl (C=O) groups excluding carboxylic acids is 2. The number of hydrogen-bond acceptors (Lipinski definition) is 5. The first-order valence-corrected chi connectivity index (χ1v) is 5.79. The Morgan fingerprint density at radius 3 is 2.75 bits per heavy atom. The van der Waals surface area contributed by atoms with E-state index in [2.05, 4.69) is 10.3 Å². The van der Waals surface area contributed by atoms with Gasteiger partial charge in [-0.1, -0.05) is 0 Å². The van der Waals surface area contributed by atoms with E-state index in [4.69, 9.17) is 9.84 Å². The van der Waals surface area contributed by atoms with Crippen molar-refractivity contribution in [1.29, 1.82) is 0 Å². The van der Waals surface area contributed by atoms with Crippen LogP contribution in [0.2, 0.25) is 0 Å². The number of nitrogens with zero attached hydrogens (tertiary/aromatic N) is 1. The van der Waals surface area contributed by atoms with E-state index in [1.807, 2.05) is 5.32 Å². The lowest BCUT2D eigenvalue weighted by Gasteiger charge is -2.07. The number of aromatic nitrogens is 1. The zero-order valence-corrected chi connectivity index (χ0v) is 10.9. The fourth-order valence-electron chi connectivity index (χ4n) is 1.31. The molecule has 0 bridgehead atoms. The molecule has 0 spiro atoms. The predicted octanol–water partition coefficient (Wildman–Crippen LogP) is 0.281. The van der Waals surface area contributed by atoms with Crippen LogP contribution in [0.1, 0.15) is 18.4 Å². The third-order valence-electron chi connectivity index (χ3n) is 2.28. The molecule has 8 nitrogen and oxygen atoms in total. The lowest BCUT2D eigenvalue weighted by molar-refractivity contribution is -0.138. The second-order valence-corrected chi connectivity index (χ2v) is 3.83. The molecule has 3 amide bonds. The van der Waals surface area contributed by atoms with Crippen LogP contribution in [0.5, 0.6) is 5.88 Å². The molecule has 1 heterocycles. The quantitative estimate of drug-likeness (QED) is 0.689. The minimum atomic E-state index is -1.09. The highest BCUT2D eigenvalue weighted by molar-refractivity contribution is 5.95. The first-order chi connectivity index (χ1) is 9.51. The number of methoxy groups -OCH3 is 1. The fraction of sp³-hybridized carbons (Fsp3) is 0.333. The van der Waals surface area contributed by atoms with Crippen molar-refractivity contribution >= 4 is 17.9 Å². The van der Waals surface area contributed by atoms with Gasteiger partial charge in [0.2, 0.25) is 11.8 Å². The molecule has 0 saturated carbocycles. The summed E-state index contributed by atoms with van der Waals surface area (Å²) in [6.45, 7) is 0.191. The second-order valence-electron chi connectivity index (χ2n) is 3.83. The molecule has 0 aliphatic rings. The topological polar surface area (TPSA) is 118 Å². The highest BCUT2D eigenvalue weighted by Crippen LogP contribution is 2.07. The zero-order valence-electron chi connectivity index (χ0n) is 10.9. The van der Waals surface area contributed by atoms with E-state index in [9.17, 15) is 14.4 Å². The molecule has 1 aromatic heterocycles. The number of amides is 3. The average molecular weight is 281 g/mol. The molecule has 0 aromatic carbocycles. The van der Waals surface area contributed by atoms with Gasteiger partial charge < -0.3 is 15.2 Å². The molecule has 0 fully saturated rings. The van der Waals surface area contributed by atoms with E-state index in [1.54, 1.807) is 12.1 Å². The normalized spacial score (nSPS) is 9.65. The number of aliphatic carboxylic acids is 1. The monoisotopic (exact) mass is 281 g/mol. The van der Waals surface area contributed by atoms with Crippen LogP contribution in [0, 0.1) is 0 Å². The molecule has 0 aliphatic heterocycles. The Bertz CT molecular complexity index is 504. The number of ether oxygens (including phenoxy) is 1. The summed E-state index contributed by atoms with van der Waals surface area (Å²) in [5.74, 6) is -1.32. The van der Waals surface area contributed by atoms with Crippen molar-refractivity contribution < 1.29 is 24.2 Å². The van der Waals surface area contributed by atoms with Crippen LogP contribution in [0.4, 0.5) is 4.79 Å². The Kier molecular flexibility index (Phi) is 5.95.